The molecule has 8 N–H and O–H groups in total. The molecule has 0 saturated heterocycles. The summed E-state index contributed by atoms with van der Waals surface area (Å²) < 4.78 is 0. The molecule has 41 heavy (non-hydrogen) atoms. The molecule has 0 unspecified atom stereocenters. The van der Waals surface area contributed by atoms with E-state index in [-0.39, 0.29) is 12.8 Å². The maximum atomic E-state index is 13.2. The van der Waals surface area contributed by atoms with Crippen LogP contribution in [0.1, 0.15) is 38.2 Å². The second kappa shape index (κ2) is 15.2. The monoisotopic (exact) mass is 564 g/mol. The van der Waals surface area contributed by atoms with Gasteiger partial charge in [-0.05, 0) is 36.6 Å². The fourth-order valence-electron chi connectivity index (χ4n) is 4.26. The summed E-state index contributed by atoms with van der Waals surface area (Å²) in [5.41, 5.74) is 8.47. The van der Waals surface area contributed by atoms with Crippen molar-refractivity contribution in [2.45, 2.75) is 57.2 Å². The summed E-state index contributed by atoms with van der Waals surface area (Å²) in [4.78, 5) is 65.6. The molecule has 0 bridgehead atoms. The first kappa shape index (κ1) is 30.8. The van der Waals surface area contributed by atoms with E-state index in [1.165, 1.54) is 0 Å². The van der Waals surface area contributed by atoms with Crippen molar-refractivity contribution in [2.75, 3.05) is 11.9 Å². The predicted octanol–water partition coefficient (Wildman–Crippen LogP) is 1.43. The second-order valence-corrected chi connectivity index (χ2v) is 9.66. The highest BCUT2D eigenvalue weighted by molar-refractivity contribution is 5.98. The van der Waals surface area contributed by atoms with Crippen molar-refractivity contribution in [3.8, 4) is 0 Å². The Morgan fingerprint density at radius 3 is 2.29 bits per heavy atom. The third kappa shape index (κ3) is 9.46. The summed E-state index contributed by atoms with van der Waals surface area (Å²) in [6.45, 7) is 1.49. The number of hydrogen-bond donors (Lipinski definition) is 7. The average Bonchev–Trinajstić information content (AvgIpc) is 3.36. The summed E-state index contributed by atoms with van der Waals surface area (Å²) in [6, 6.07) is 12.7. The summed E-state index contributed by atoms with van der Waals surface area (Å²) in [5, 5.41) is 20.3. The number of carbonyl (C=O) groups excluding carboxylic acids is 4. The Morgan fingerprint density at radius 1 is 0.902 bits per heavy atom. The highest BCUT2D eigenvalue weighted by atomic mass is 16.4. The molecule has 3 aromatic rings. The topological polar surface area (TPSA) is 196 Å². The minimum atomic E-state index is -1.47. The van der Waals surface area contributed by atoms with Crippen molar-refractivity contribution >= 4 is 46.2 Å². The van der Waals surface area contributed by atoms with Crippen LogP contribution >= 0.6 is 0 Å². The van der Waals surface area contributed by atoms with Crippen LogP contribution in [-0.2, 0) is 30.4 Å². The lowest BCUT2D eigenvalue weighted by molar-refractivity contribution is -0.141. The van der Waals surface area contributed by atoms with Crippen molar-refractivity contribution in [1.82, 2.24) is 20.9 Å². The number of hydrogen-bond acceptors (Lipinski definition) is 6. The number of nitrogens with two attached hydrogens (primary N) is 1. The van der Waals surface area contributed by atoms with Crippen LogP contribution < -0.4 is 27.0 Å². The number of carboxylic acid groups (broad SMARTS) is 1. The third-order valence-electron chi connectivity index (χ3n) is 6.42. The zero-order valence-electron chi connectivity index (χ0n) is 22.8. The Balaban J connectivity index is 1.61. The van der Waals surface area contributed by atoms with Crippen LogP contribution in [0.5, 0.6) is 0 Å². The fourth-order valence-corrected chi connectivity index (χ4v) is 4.26. The molecule has 0 aliphatic carbocycles. The van der Waals surface area contributed by atoms with Crippen LogP contribution in [0.3, 0.4) is 0 Å². The molecule has 1 heterocycles. The van der Waals surface area contributed by atoms with Crippen LogP contribution in [0.25, 0.3) is 10.9 Å². The molecule has 12 nitrogen and oxygen atoms in total. The zero-order chi connectivity index (χ0) is 29.8. The van der Waals surface area contributed by atoms with Crippen LogP contribution in [0.4, 0.5) is 5.69 Å². The van der Waals surface area contributed by atoms with Gasteiger partial charge in [-0.15, -0.1) is 0 Å². The van der Waals surface area contributed by atoms with E-state index >= 15 is 0 Å². The van der Waals surface area contributed by atoms with Gasteiger partial charge in [0.25, 0.3) is 0 Å². The Morgan fingerprint density at radius 2 is 1.59 bits per heavy atom. The molecule has 3 rings (SSSR count). The van der Waals surface area contributed by atoms with Crippen molar-refractivity contribution in [3.63, 3.8) is 0 Å². The summed E-state index contributed by atoms with van der Waals surface area (Å²) in [7, 11) is 0. The molecule has 0 saturated carbocycles. The van der Waals surface area contributed by atoms with Gasteiger partial charge in [0.05, 0.1) is 19.0 Å². The first-order valence-corrected chi connectivity index (χ1v) is 13.4. The summed E-state index contributed by atoms with van der Waals surface area (Å²) in [5.74, 6) is -3.97. The zero-order valence-corrected chi connectivity index (χ0v) is 22.8. The number of rotatable bonds is 15. The number of H-pyrrole nitrogens is 1. The molecule has 0 spiro atoms. The standard InChI is InChI=1S/C29H36N6O6/c1-2-3-12-23(34-27(39)21(30)14-18-16-31-22-13-8-7-11-20(18)22)29(41)35-24(15-26(37)38)28(40)32-17-25(36)33-19-9-5-4-6-10-19/h4-11,13,16,21,23-24,31H,2-3,12,14-15,17,30H2,1H3,(H,32,40)(H,33,36)(H,34,39)(H,35,41)(H,37,38)/t21-,23-,24-/m0/s1. The van der Waals surface area contributed by atoms with Crippen LogP contribution in [-0.4, -0.2) is 64.4 Å². The smallest absolute Gasteiger partial charge is 0.305 e. The maximum Gasteiger partial charge on any atom is 0.305 e. The largest absolute Gasteiger partial charge is 0.481 e. The average molecular weight is 565 g/mol. The van der Waals surface area contributed by atoms with E-state index < -0.39 is 60.7 Å². The SMILES string of the molecule is CCCC[C@H](NC(=O)[C@@H](N)Cc1c[nH]c2ccccc12)C(=O)N[C@@H](CC(=O)O)C(=O)NCC(=O)Nc1ccccc1. The van der Waals surface area contributed by atoms with Crippen LogP contribution in [0.15, 0.2) is 60.8 Å². The van der Waals surface area contributed by atoms with Gasteiger partial charge in [0.1, 0.15) is 12.1 Å². The number of fused-ring (bicyclic) bond motifs is 1. The van der Waals surface area contributed by atoms with Gasteiger partial charge in [0, 0.05) is 22.8 Å². The van der Waals surface area contributed by atoms with E-state index in [9.17, 15) is 29.1 Å². The Labute approximate surface area is 237 Å². The van der Waals surface area contributed by atoms with E-state index in [4.69, 9.17) is 5.73 Å². The molecule has 3 atom stereocenters. The molecule has 0 fully saturated rings. The lowest BCUT2D eigenvalue weighted by atomic mass is 10.0. The van der Waals surface area contributed by atoms with Crippen molar-refractivity contribution < 1.29 is 29.1 Å². The van der Waals surface area contributed by atoms with E-state index in [2.05, 4.69) is 26.3 Å². The second-order valence-electron chi connectivity index (χ2n) is 9.66. The molecule has 2 aromatic carbocycles. The van der Waals surface area contributed by atoms with Gasteiger partial charge in [-0.2, -0.15) is 0 Å². The molecule has 0 aliphatic heterocycles. The maximum absolute atomic E-state index is 13.2. The van der Waals surface area contributed by atoms with Crippen molar-refractivity contribution in [2.24, 2.45) is 5.73 Å². The molecule has 0 aliphatic rings. The molecular weight excluding hydrogens is 528 g/mol. The van der Waals surface area contributed by atoms with Gasteiger partial charge in [0.2, 0.25) is 23.6 Å². The highest BCUT2D eigenvalue weighted by Crippen LogP contribution is 2.19. The van der Waals surface area contributed by atoms with Gasteiger partial charge in [-0.1, -0.05) is 56.2 Å². The molecule has 4 amide bonds. The van der Waals surface area contributed by atoms with Crippen molar-refractivity contribution in [3.05, 3.63) is 66.4 Å². The lowest BCUT2D eigenvalue weighted by Gasteiger charge is -2.23. The number of para-hydroxylation sites is 2. The number of aliphatic carboxylic acids is 1. The van der Waals surface area contributed by atoms with E-state index in [1.807, 2.05) is 31.2 Å². The molecule has 12 heteroatoms. The third-order valence-corrected chi connectivity index (χ3v) is 6.42. The molecular formula is C29H36N6O6. The Kier molecular flexibility index (Phi) is 11.4. The quantitative estimate of drug-likeness (QED) is 0.145. The number of unbranched alkanes of at least 4 members (excludes halogenated alkanes) is 1. The van der Waals surface area contributed by atoms with Crippen LogP contribution in [0, 0.1) is 0 Å². The first-order chi connectivity index (χ1) is 19.7. The van der Waals surface area contributed by atoms with Gasteiger partial charge >= 0.3 is 5.97 Å². The Hall–Kier alpha value is -4.71. The van der Waals surface area contributed by atoms with E-state index in [0.717, 1.165) is 22.9 Å². The first-order valence-electron chi connectivity index (χ1n) is 13.4. The molecule has 0 radical (unpaired) electrons. The number of aromatic nitrogens is 1. The predicted molar refractivity (Wildman–Crippen MR) is 154 cm³/mol. The Bertz CT molecular complexity index is 1360. The van der Waals surface area contributed by atoms with Crippen LogP contribution in [0.2, 0.25) is 0 Å². The molecule has 218 valence electrons. The summed E-state index contributed by atoms with van der Waals surface area (Å²) in [6.07, 6.45) is 2.88. The van der Waals surface area contributed by atoms with E-state index in [0.29, 0.717) is 12.1 Å². The molecule has 1 aromatic heterocycles. The number of aromatic amines is 1. The van der Waals surface area contributed by atoms with Gasteiger partial charge in [-0.3, -0.25) is 24.0 Å². The number of anilines is 1. The minimum absolute atomic E-state index is 0.229. The number of nitrogens with one attached hydrogen (secondary N) is 5. The highest BCUT2D eigenvalue weighted by Gasteiger charge is 2.29. The summed E-state index contributed by atoms with van der Waals surface area (Å²) >= 11 is 0. The lowest BCUT2D eigenvalue weighted by Crippen LogP contribution is -2.56. The fraction of sp³-hybridized carbons (Fsp3) is 0.345. The number of amides is 4. The minimum Gasteiger partial charge on any atom is -0.481 e. The van der Waals surface area contributed by atoms with Gasteiger partial charge in [-0.25, -0.2) is 0 Å². The number of benzene rings is 2. The van der Waals surface area contributed by atoms with Gasteiger partial charge in [0.15, 0.2) is 0 Å². The van der Waals surface area contributed by atoms with Crippen molar-refractivity contribution in [1.29, 1.82) is 0 Å². The van der Waals surface area contributed by atoms with Gasteiger partial charge < -0.3 is 37.1 Å². The number of carboxylic acids is 1. The van der Waals surface area contributed by atoms with E-state index in [1.54, 1.807) is 36.5 Å². The normalized spacial score (nSPS) is 13.0. The number of carbonyl (C=O) groups is 5.